The number of pyridine rings is 1. The van der Waals surface area contributed by atoms with Gasteiger partial charge in [-0.3, -0.25) is 4.40 Å². The predicted octanol–water partition coefficient (Wildman–Crippen LogP) is 3.98. The van der Waals surface area contributed by atoms with Crippen LogP contribution < -0.4 is 10.6 Å². The Bertz CT molecular complexity index is 1360. The number of anilines is 2. The van der Waals surface area contributed by atoms with Gasteiger partial charge in [-0.15, -0.1) is 0 Å². The number of likely N-dealkylation sites (N-methyl/N-ethyl adjacent to an activating group) is 1. The number of hydrogen-bond acceptors (Lipinski definition) is 5. The van der Waals surface area contributed by atoms with E-state index in [1.165, 1.54) is 5.56 Å². The molecule has 1 aliphatic heterocycles. The van der Waals surface area contributed by atoms with Crippen LogP contribution >= 0.6 is 0 Å². The quantitative estimate of drug-likeness (QED) is 0.502. The number of fused-ring (bicyclic) bond motifs is 3. The molecule has 6 nitrogen and oxygen atoms in total. The fourth-order valence-electron chi connectivity index (χ4n) is 4.97. The molecule has 2 aromatic heterocycles. The summed E-state index contributed by atoms with van der Waals surface area (Å²) in [4.78, 5) is 9.66. The zero-order valence-electron chi connectivity index (χ0n) is 18.8. The van der Waals surface area contributed by atoms with Crippen molar-refractivity contribution in [1.29, 1.82) is 5.26 Å². The molecule has 0 saturated carbocycles. The van der Waals surface area contributed by atoms with Crippen molar-refractivity contribution in [1.82, 2.24) is 14.3 Å². The molecular formula is C26H28N6. The lowest BCUT2D eigenvalue weighted by molar-refractivity contribution is 0.315. The first-order valence-corrected chi connectivity index (χ1v) is 11.1. The maximum atomic E-state index is 10.1. The highest BCUT2D eigenvalue weighted by molar-refractivity contribution is 5.86. The average molecular weight is 425 g/mol. The Kier molecular flexibility index (Phi) is 4.99. The first-order valence-electron chi connectivity index (χ1n) is 11.1. The molecule has 0 spiro atoms. The van der Waals surface area contributed by atoms with Gasteiger partial charge in [-0.2, -0.15) is 5.26 Å². The van der Waals surface area contributed by atoms with Crippen molar-refractivity contribution >= 4 is 28.2 Å². The molecule has 162 valence electrons. The molecule has 32 heavy (non-hydrogen) atoms. The third-order valence-corrected chi connectivity index (χ3v) is 6.73. The molecule has 4 aromatic rings. The van der Waals surface area contributed by atoms with Gasteiger partial charge in [-0.1, -0.05) is 24.3 Å². The summed E-state index contributed by atoms with van der Waals surface area (Å²) in [7, 11) is 4.29. The number of nitrogen functional groups attached to an aromatic ring is 1. The first-order chi connectivity index (χ1) is 15.5. The maximum Gasteiger partial charge on any atom is 0.157 e. The van der Waals surface area contributed by atoms with Gasteiger partial charge < -0.3 is 15.5 Å². The van der Waals surface area contributed by atoms with E-state index in [1.807, 2.05) is 36.4 Å². The lowest BCUT2D eigenvalue weighted by Crippen LogP contribution is -2.32. The van der Waals surface area contributed by atoms with Gasteiger partial charge in [0.15, 0.2) is 5.65 Å². The third-order valence-electron chi connectivity index (χ3n) is 6.73. The minimum atomic E-state index is 0.496. The smallest absolute Gasteiger partial charge is 0.157 e. The Labute approximate surface area is 188 Å². The second-order valence-corrected chi connectivity index (χ2v) is 8.95. The molecule has 0 radical (unpaired) electrons. The summed E-state index contributed by atoms with van der Waals surface area (Å²) in [6.07, 6.45) is 1.82. The average Bonchev–Trinajstić information content (AvgIpc) is 3.40. The zero-order chi connectivity index (χ0) is 22.4. The van der Waals surface area contributed by atoms with E-state index < -0.39 is 0 Å². The van der Waals surface area contributed by atoms with Crippen molar-refractivity contribution < 1.29 is 0 Å². The molecule has 0 bridgehead atoms. The number of nitrogens with two attached hydrogens (primary N) is 1. The molecule has 0 aliphatic carbocycles. The maximum absolute atomic E-state index is 10.1. The van der Waals surface area contributed by atoms with Gasteiger partial charge in [0.2, 0.25) is 0 Å². The van der Waals surface area contributed by atoms with E-state index in [2.05, 4.69) is 53.4 Å². The lowest BCUT2D eigenvalue weighted by Gasteiger charge is -2.27. The number of imidazole rings is 1. The molecule has 2 N–H and O–H groups in total. The Hall–Kier alpha value is -3.56. The number of nitrogens with zero attached hydrogens (tertiary/aromatic N) is 5. The zero-order valence-corrected chi connectivity index (χ0v) is 18.8. The molecule has 0 amide bonds. The highest BCUT2D eigenvalue weighted by atomic mass is 15.3. The molecule has 1 aliphatic rings. The Morgan fingerprint density at radius 2 is 2.00 bits per heavy atom. The Balaban J connectivity index is 1.81. The van der Waals surface area contributed by atoms with Crippen LogP contribution in [-0.4, -0.2) is 47.5 Å². The van der Waals surface area contributed by atoms with E-state index in [0.717, 1.165) is 58.8 Å². The minimum absolute atomic E-state index is 0.496. The fraction of sp³-hybridized carbons (Fsp3) is 0.308. The van der Waals surface area contributed by atoms with E-state index in [-0.39, 0.29) is 0 Å². The molecule has 6 heteroatoms. The van der Waals surface area contributed by atoms with E-state index in [1.54, 1.807) is 0 Å². The SMILES string of the molecule is Cc1c(Cc2cccc(N)c2)c(N2CC[C@H](N(C)C)C2)n2c(nc3ccccc32)c1C#N. The van der Waals surface area contributed by atoms with Crippen LogP contribution in [0.15, 0.2) is 48.5 Å². The van der Waals surface area contributed by atoms with Crippen molar-refractivity contribution in [3.63, 3.8) is 0 Å². The van der Waals surface area contributed by atoms with Crippen molar-refractivity contribution in [2.75, 3.05) is 37.8 Å². The third kappa shape index (κ3) is 3.26. The van der Waals surface area contributed by atoms with Crippen molar-refractivity contribution in [3.8, 4) is 6.07 Å². The van der Waals surface area contributed by atoms with Crippen LogP contribution in [0.1, 0.15) is 28.7 Å². The van der Waals surface area contributed by atoms with Crippen LogP contribution in [0.3, 0.4) is 0 Å². The number of hydrogen-bond donors (Lipinski definition) is 1. The Morgan fingerprint density at radius 3 is 2.72 bits per heavy atom. The highest BCUT2D eigenvalue weighted by Crippen LogP contribution is 2.36. The van der Waals surface area contributed by atoms with Crippen LogP contribution in [-0.2, 0) is 6.42 Å². The second-order valence-electron chi connectivity index (χ2n) is 8.95. The predicted molar refractivity (Wildman–Crippen MR) is 130 cm³/mol. The van der Waals surface area contributed by atoms with Gasteiger partial charge in [0.1, 0.15) is 11.9 Å². The van der Waals surface area contributed by atoms with Gasteiger partial charge >= 0.3 is 0 Å². The molecule has 3 heterocycles. The van der Waals surface area contributed by atoms with Crippen LogP contribution in [0, 0.1) is 18.3 Å². The minimum Gasteiger partial charge on any atom is -0.399 e. The van der Waals surface area contributed by atoms with E-state index in [0.29, 0.717) is 18.0 Å². The molecule has 5 rings (SSSR count). The molecule has 2 aromatic carbocycles. The van der Waals surface area contributed by atoms with Crippen molar-refractivity contribution in [3.05, 3.63) is 70.8 Å². The number of benzene rings is 2. The fourth-order valence-corrected chi connectivity index (χ4v) is 4.97. The summed E-state index contributed by atoms with van der Waals surface area (Å²) in [6, 6.07) is 19.1. The van der Waals surface area contributed by atoms with E-state index in [4.69, 9.17) is 10.7 Å². The van der Waals surface area contributed by atoms with Gasteiger partial charge in [0, 0.05) is 36.8 Å². The van der Waals surface area contributed by atoms with E-state index >= 15 is 0 Å². The topological polar surface area (TPSA) is 73.6 Å². The number of aromatic nitrogens is 2. The van der Waals surface area contributed by atoms with Crippen LogP contribution in [0.5, 0.6) is 0 Å². The lowest BCUT2D eigenvalue weighted by atomic mass is 9.97. The van der Waals surface area contributed by atoms with Crippen molar-refractivity contribution in [2.24, 2.45) is 0 Å². The summed E-state index contributed by atoms with van der Waals surface area (Å²) in [5, 5.41) is 10.1. The van der Waals surface area contributed by atoms with Gasteiger partial charge in [-0.05, 0) is 62.8 Å². The Morgan fingerprint density at radius 1 is 1.19 bits per heavy atom. The second kappa shape index (κ2) is 7.85. The normalized spacial score (nSPS) is 16.3. The van der Waals surface area contributed by atoms with Gasteiger partial charge in [0.25, 0.3) is 0 Å². The summed E-state index contributed by atoms with van der Waals surface area (Å²) >= 11 is 0. The molecule has 0 unspecified atom stereocenters. The van der Waals surface area contributed by atoms with E-state index in [9.17, 15) is 5.26 Å². The molecule has 1 fully saturated rings. The van der Waals surface area contributed by atoms with Crippen LogP contribution in [0.4, 0.5) is 11.5 Å². The standard InChI is InChI=1S/C26H28N6/c1-17-21(14-18-7-6-8-19(28)13-18)26(31-12-11-20(16-31)30(2)3)32-24-10-5-4-9-23(24)29-25(32)22(17)15-27/h4-10,13,20H,11-12,14,16,28H2,1-3H3/t20-/m0/s1. The van der Waals surface area contributed by atoms with Crippen LogP contribution in [0.2, 0.25) is 0 Å². The summed E-state index contributed by atoms with van der Waals surface area (Å²) in [6.45, 7) is 3.98. The number of nitriles is 1. The van der Waals surface area contributed by atoms with Crippen LogP contribution in [0.25, 0.3) is 16.7 Å². The number of para-hydroxylation sites is 2. The summed E-state index contributed by atoms with van der Waals surface area (Å²) < 4.78 is 2.21. The summed E-state index contributed by atoms with van der Waals surface area (Å²) in [5.74, 6) is 1.15. The first kappa shape index (κ1) is 20.3. The van der Waals surface area contributed by atoms with Gasteiger partial charge in [0.05, 0.1) is 16.6 Å². The summed E-state index contributed by atoms with van der Waals surface area (Å²) in [5.41, 5.74) is 13.5. The highest BCUT2D eigenvalue weighted by Gasteiger charge is 2.30. The van der Waals surface area contributed by atoms with Crippen molar-refractivity contribution in [2.45, 2.75) is 25.8 Å². The van der Waals surface area contributed by atoms with Gasteiger partial charge in [-0.25, -0.2) is 4.98 Å². The monoisotopic (exact) mass is 424 g/mol. The largest absolute Gasteiger partial charge is 0.399 e. The number of rotatable bonds is 4. The molecule has 1 saturated heterocycles. The molecule has 1 atom stereocenters. The molecular weight excluding hydrogens is 396 g/mol.